The lowest BCUT2D eigenvalue weighted by Gasteiger charge is -2.36. The zero-order chi connectivity index (χ0) is 19.9. The Hall–Kier alpha value is -2.73. The van der Waals surface area contributed by atoms with Crippen molar-refractivity contribution in [2.45, 2.75) is 6.92 Å². The van der Waals surface area contributed by atoms with E-state index in [2.05, 4.69) is 39.4 Å². The molecule has 0 aromatic heterocycles. The molecule has 0 bridgehead atoms. The van der Waals surface area contributed by atoms with Crippen LogP contribution in [0.3, 0.4) is 0 Å². The van der Waals surface area contributed by atoms with Crippen molar-refractivity contribution in [1.82, 2.24) is 10.2 Å². The predicted octanol–water partition coefficient (Wildman–Crippen LogP) is 2.56. The van der Waals surface area contributed by atoms with Crippen LogP contribution in [0.2, 0.25) is 0 Å². The highest BCUT2D eigenvalue weighted by atomic mass is 16.5. The normalized spacial score (nSPS) is 14.6. The maximum absolute atomic E-state index is 12.5. The van der Waals surface area contributed by atoms with Crippen molar-refractivity contribution < 1.29 is 14.3 Å². The maximum atomic E-state index is 12.5. The number of ether oxygens (including phenoxy) is 2. The summed E-state index contributed by atoms with van der Waals surface area (Å²) in [5.74, 6) is 1.20. The minimum absolute atomic E-state index is 0.112. The summed E-state index contributed by atoms with van der Waals surface area (Å²) < 4.78 is 10.7. The molecule has 1 saturated heterocycles. The van der Waals surface area contributed by atoms with Crippen LogP contribution in [0.15, 0.2) is 42.5 Å². The summed E-state index contributed by atoms with van der Waals surface area (Å²) in [6.07, 6.45) is 0. The quantitative estimate of drug-likeness (QED) is 0.796. The zero-order valence-electron chi connectivity index (χ0n) is 16.9. The van der Waals surface area contributed by atoms with Gasteiger partial charge >= 0.3 is 0 Å². The molecule has 150 valence electrons. The Morgan fingerprint density at radius 3 is 2.18 bits per heavy atom. The summed E-state index contributed by atoms with van der Waals surface area (Å²) >= 11 is 0. The number of para-hydroxylation sites is 1. The third-order valence-electron chi connectivity index (χ3n) is 5.22. The topological polar surface area (TPSA) is 54.0 Å². The van der Waals surface area contributed by atoms with Gasteiger partial charge in [-0.3, -0.25) is 9.69 Å². The average molecular weight is 383 g/mol. The molecule has 2 aromatic carbocycles. The third-order valence-corrected chi connectivity index (χ3v) is 5.22. The van der Waals surface area contributed by atoms with Crippen LogP contribution in [-0.2, 0) is 0 Å². The molecule has 1 aliphatic heterocycles. The first kappa shape index (κ1) is 20.0. The molecule has 2 aromatic rings. The molecule has 1 fully saturated rings. The van der Waals surface area contributed by atoms with Gasteiger partial charge in [-0.15, -0.1) is 0 Å². The molecular weight excluding hydrogens is 354 g/mol. The minimum Gasteiger partial charge on any atom is -0.496 e. The minimum atomic E-state index is -0.112. The van der Waals surface area contributed by atoms with Crippen LogP contribution in [0, 0.1) is 6.92 Å². The van der Waals surface area contributed by atoms with E-state index < -0.39 is 0 Å². The van der Waals surface area contributed by atoms with Crippen LogP contribution in [0.1, 0.15) is 15.9 Å². The average Bonchev–Trinajstić information content (AvgIpc) is 2.75. The molecule has 1 amide bonds. The fourth-order valence-electron chi connectivity index (χ4n) is 3.52. The van der Waals surface area contributed by atoms with Crippen molar-refractivity contribution in [2.24, 2.45) is 0 Å². The molecule has 0 radical (unpaired) electrons. The fourth-order valence-corrected chi connectivity index (χ4v) is 3.52. The van der Waals surface area contributed by atoms with Crippen molar-refractivity contribution in [3.8, 4) is 11.5 Å². The van der Waals surface area contributed by atoms with Gasteiger partial charge in [-0.05, 0) is 31.2 Å². The van der Waals surface area contributed by atoms with Gasteiger partial charge in [-0.1, -0.05) is 18.2 Å². The summed E-state index contributed by atoms with van der Waals surface area (Å²) in [6, 6.07) is 14.0. The Balaban J connectivity index is 1.47. The monoisotopic (exact) mass is 383 g/mol. The van der Waals surface area contributed by atoms with E-state index >= 15 is 0 Å². The van der Waals surface area contributed by atoms with Crippen molar-refractivity contribution in [3.05, 3.63) is 53.6 Å². The SMILES string of the molecule is COc1cc(C(=O)NCCN2CCN(c3ccccc3)CC2)cc(OC)c1C. The largest absolute Gasteiger partial charge is 0.496 e. The first-order valence-electron chi connectivity index (χ1n) is 9.65. The van der Waals surface area contributed by atoms with Gasteiger partial charge in [0.2, 0.25) is 0 Å². The number of carbonyl (C=O) groups is 1. The molecule has 6 heteroatoms. The highest BCUT2D eigenvalue weighted by Gasteiger charge is 2.17. The second-order valence-corrected chi connectivity index (χ2v) is 6.93. The Labute approximate surface area is 167 Å². The molecule has 0 aliphatic carbocycles. The van der Waals surface area contributed by atoms with E-state index in [1.54, 1.807) is 26.4 Å². The van der Waals surface area contributed by atoms with Gasteiger partial charge in [-0.2, -0.15) is 0 Å². The van der Waals surface area contributed by atoms with Crippen molar-refractivity contribution >= 4 is 11.6 Å². The van der Waals surface area contributed by atoms with Crippen molar-refractivity contribution in [1.29, 1.82) is 0 Å². The molecule has 1 N–H and O–H groups in total. The summed E-state index contributed by atoms with van der Waals surface area (Å²) in [5.41, 5.74) is 2.71. The number of hydrogen-bond donors (Lipinski definition) is 1. The molecule has 1 aliphatic rings. The first-order valence-corrected chi connectivity index (χ1v) is 9.65. The number of amides is 1. The zero-order valence-corrected chi connectivity index (χ0v) is 16.9. The number of anilines is 1. The highest BCUT2D eigenvalue weighted by Crippen LogP contribution is 2.29. The number of methoxy groups -OCH3 is 2. The van der Waals surface area contributed by atoms with E-state index in [1.807, 2.05) is 13.0 Å². The Morgan fingerprint density at radius 2 is 1.61 bits per heavy atom. The summed E-state index contributed by atoms with van der Waals surface area (Å²) in [7, 11) is 3.19. The van der Waals surface area contributed by atoms with Gasteiger partial charge < -0.3 is 19.7 Å². The van der Waals surface area contributed by atoms with Gasteiger partial charge in [0.05, 0.1) is 14.2 Å². The van der Waals surface area contributed by atoms with Gasteiger partial charge in [0.15, 0.2) is 0 Å². The predicted molar refractivity (Wildman–Crippen MR) is 112 cm³/mol. The molecule has 0 spiro atoms. The standard InChI is InChI=1S/C22H29N3O3/c1-17-20(27-2)15-18(16-21(17)28-3)22(26)23-9-10-24-11-13-25(14-12-24)19-7-5-4-6-8-19/h4-8,15-16H,9-14H2,1-3H3,(H,23,26). The molecule has 3 rings (SSSR count). The van der Waals surface area contributed by atoms with Gasteiger partial charge in [0.1, 0.15) is 11.5 Å². The number of piperazine rings is 1. The van der Waals surface area contributed by atoms with Crippen LogP contribution in [0.25, 0.3) is 0 Å². The van der Waals surface area contributed by atoms with Crippen LogP contribution < -0.4 is 19.7 Å². The Bertz CT molecular complexity index is 762. The number of nitrogens with one attached hydrogen (secondary N) is 1. The molecule has 28 heavy (non-hydrogen) atoms. The van der Waals surface area contributed by atoms with E-state index in [9.17, 15) is 4.79 Å². The van der Waals surface area contributed by atoms with Crippen LogP contribution >= 0.6 is 0 Å². The number of carbonyl (C=O) groups excluding carboxylic acids is 1. The van der Waals surface area contributed by atoms with E-state index in [0.29, 0.717) is 23.6 Å². The maximum Gasteiger partial charge on any atom is 0.251 e. The molecular formula is C22H29N3O3. The Kier molecular flexibility index (Phi) is 6.76. The van der Waals surface area contributed by atoms with Gasteiger partial charge in [-0.25, -0.2) is 0 Å². The van der Waals surface area contributed by atoms with Gasteiger partial charge in [0.25, 0.3) is 5.91 Å². The number of nitrogens with zero attached hydrogens (tertiary/aromatic N) is 2. The van der Waals surface area contributed by atoms with Crippen LogP contribution in [0.4, 0.5) is 5.69 Å². The second kappa shape index (κ2) is 9.46. The first-order chi connectivity index (χ1) is 13.6. The molecule has 1 heterocycles. The van der Waals surface area contributed by atoms with E-state index in [-0.39, 0.29) is 5.91 Å². The lowest BCUT2D eigenvalue weighted by Crippen LogP contribution is -2.48. The fraction of sp³-hybridized carbons (Fsp3) is 0.409. The highest BCUT2D eigenvalue weighted by molar-refractivity contribution is 5.95. The molecule has 0 atom stereocenters. The van der Waals surface area contributed by atoms with Crippen molar-refractivity contribution in [2.75, 3.05) is 58.4 Å². The smallest absolute Gasteiger partial charge is 0.251 e. The number of benzene rings is 2. The molecule has 0 unspecified atom stereocenters. The summed E-state index contributed by atoms with van der Waals surface area (Å²) in [4.78, 5) is 17.3. The number of rotatable bonds is 7. The van der Waals surface area contributed by atoms with Crippen molar-refractivity contribution in [3.63, 3.8) is 0 Å². The lowest BCUT2D eigenvalue weighted by atomic mass is 10.1. The second-order valence-electron chi connectivity index (χ2n) is 6.93. The molecule has 6 nitrogen and oxygen atoms in total. The van der Waals surface area contributed by atoms with Crippen LogP contribution in [-0.4, -0.2) is 64.3 Å². The van der Waals surface area contributed by atoms with E-state index in [1.165, 1.54) is 5.69 Å². The van der Waals surface area contributed by atoms with E-state index in [4.69, 9.17) is 9.47 Å². The molecule has 0 saturated carbocycles. The lowest BCUT2D eigenvalue weighted by molar-refractivity contribution is 0.0947. The Morgan fingerprint density at radius 1 is 1.00 bits per heavy atom. The summed E-state index contributed by atoms with van der Waals surface area (Å²) in [6.45, 7) is 7.37. The summed E-state index contributed by atoms with van der Waals surface area (Å²) in [5, 5.41) is 3.01. The third kappa shape index (κ3) is 4.75. The number of hydrogen-bond acceptors (Lipinski definition) is 5. The van der Waals surface area contributed by atoms with Gasteiger partial charge in [0, 0.05) is 56.1 Å². The van der Waals surface area contributed by atoms with Crippen LogP contribution in [0.5, 0.6) is 11.5 Å². The van der Waals surface area contributed by atoms with E-state index in [0.717, 1.165) is 38.3 Å².